The molecular formula is C17H20FNS. The maximum absolute atomic E-state index is 13.2. The molecule has 1 nitrogen and oxygen atoms in total. The molecule has 1 heterocycles. The normalized spacial score (nSPS) is 23.3. The summed E-state index contributed by atoms with van der Waals surface area (Å²) in [5.41, 5.74) is 1.15. The Morgan fingerprint density at radius 2 is 2.15 bits per heavy atom. The topological polar surface area (TPSA) is 12.0 Å². The van der Waals surface area contributed by atoms with Crippen molar-refractivity contribution < 1.29 is 4.39 Å². The lowest BCUT2D eigenvalue weighted by Gasteiger charge is -2.38. The lowest BCUT2D eigenvalue weighted by molar-refractivity contribution is 0.269. The highest BCUT2D eigenvalue weighted by Crippen LogP contribution is 2.37. The molecule has 1 aliphatic carbocycles. The summed E-state index contributed by atoms with van der Waals surface area (Å²) in [4.78, 5) is 1.44. The van der Waals surface area contributed by atoms with Crippen LogP contribution in [-0.2, 0) is 6.42 Å². The van der Waals surface area contributed by atoms with Gasteiger partial charge in [-0.1, -0.05) is 18.2 Å². The van der Waals surface area contributed by atoms with Crippen LogP contribution in [0.3, 0.4) is 0 Å². The van der Waals surface area contributed by atoms with Gasteiger partial charge in [-0.15, -0.1) is 11.3 Å². The first kappa shape index (κ1) is 13.8. The third-order valence-electron chi connectivity index (χ3n) is 4.07. The molecule has 1 aromatic heterocycles. The SMILES string of the molecule is CC(Cc1cccs1)NC1CC(c2cccc(F)c2)C1. The third kappa shape index (κ3) is 3.28. The monoisotopic (exact) mass is 289 g/mol. The molecule has 1 N–H and O–H groups in total. The standard InChI is InChI=1S/C17H20FNS/c1-12(8-17-6-3-7-20-17)19-16-10-14(11-16)13-4-2-5-15(18)9-13/h2-7,9,12,14,16,19H,8,10-11H2,1H3. The number of nitrogens with one attached hydrogen (secondary N) is 1. The summed E-state index contributed by atoms with van der Waals surface area (Å²) in [7, 11) is 0. The Morgan fingerprint density at radius 3 is 2.85 bits per heavy atom. The molecule has 0 aliphatic heterocycles. The Balaban J connectivity index is 1.46. The Labute approximate surface area is 123 Å². The van der Waals surface area contributed by atoms with Crippen molar-refractivity contribution >= 4 is 11.3 Å². The van der Waals surface area contributed by atoms with Crippen LogP contribution >= 0.6 is 11.3 Å². The quantitative estimate of drug-likeness (QED) is 0.862. The Bertz CT molecular complexity index is 546. The number of hydrogen-bond acceptors (Lipinski definition) is 2. The van der Waals surface area contributed by atoms with Gasteiger partial charge in [0.15, 0.2) is 0 Å². The summed E-state index contributed by atoms with van der Waals surface area (Å²) in [6.07, 6.45) is 3.34. The second kappa shape index (κ2) is 6.06. The Morgan fingerprint density at radius 1 is 1.30 bits per heavy atom. The van der Waals surface area contributed by atoms with Crippen LogP contribution < -0.4 is 5.32 Å². The fraction of sp³-hybridized carbons (Fsp3) is 0.412. The predicted molar refractivity (Wildman–Crippen MR) is 82.8 cm³/mol. The number of benzene rings is 1. The first-order valence-corrected chi connectivity index (χ1v) is 8.12. The molecule has 0 radical (unpaired) electrons. The van der Waals surface area contributed by atoms with E-state index in [-0.39, 0.29) is 5.82 Å². The van der Waals surface area contributed by atoms with E-state index >= 15 is 0 Å². The second-order valence-electron chi connectivity index (χ2n) is 5.77. The Hall–Kier alpha value is -1.19. The summed E-state index contributed by atoms with van der Waals surface area (Å²) in [6.45, 7) is 2.25. The molecule has 0 spiro atoms. The van der Waals surface area contributed by atoms with Crippen molar-refractivity contribution in [2.24, 2.45) is 0 Å². The van der Waals surface area contributed by atoms with Gasteiger partial charge in [-0.2, -0.15) is 0 Å². The van der Waals surface area contributed by atoms with E-state index in [1.807, 2.05) is 23.5 Å². The van der Waals surface area contributed by atoms with Crippen LogP contribution in [0.4, 0.5) is 4.39 Å². The van der Waals surface area contributed by atoms with Crippen LogP contribution in [0.1, 0.15) is 36.1 Å². The van der Waals surface area contributed by atoms with E-state index in [0.29, 0.717) is 18.0 Å². The molecule has 1 aliphatic rings. The first-order chi connectivity index (χ1) is 9.70. The average Bonchev–Trinajstić information content (AvgIpc) is 2.86. The molecule has 0 saturated heterocycles. The molecule has 1 unspecified atom stereocenters. The van der Waals surface area contributed by atoms with Crippen molar-refractivity contribution in [2.75, 3.05) is 0 Å². The van der Waals surface area contributed by atoms with Gasteiger partial charge < -0.3 is 5.32 Å². The number of halogens is 1. The number of thiophene rings is 1. The molecule has 1 atom stereocenters. The van der Waals surface area contributed by atoms with Gasteiger partial charge in [-0.3, -0.25) is 0 Å². The molecule has 1 saturated carbocycles. The maximum atomic E-state index is 13.2. The van der Waals surface area contributed by atoms with Crippen LogP contribution in [-0.4, -0.2) is 12.1 Å². The highest BCUT2D eigenvalue weighted by Gasteiger charge is 2.31. The fourth-order valence-corrected chi connectivity index (χ4v) is 3.81. The largest absolute Gasteiger partial charge is 0.311 e. The average molecular weight is 289 g/mol. The molecule has 1 fully saturated rings. The molecule has 106 valence electrons. The van der Waals surface area contributed by atoms with Crippen LogP contribution in [0.25, 0.3) is 0 Å². The molecule has 0 bridgehead atoms. The van der Waals surface area contributed by atoms with E-state index < -0.39 is 0 Å². The van der Waals surface area contributed by atoms with E-state index in [4.69, 9.17) is 0 Å². The van der Waals surface area contributed by atoms with Crippen LogP contribution in [0.2, 0.25) is 0 Å². The molecule has 20 heavy (non-hydrogen) atoms. The van der Waals surface area contributed by atoms with Gasteiger partial charge in [-0.25, -0.2) is 4.39 Å². The molecular weight excluding hydrogens is 269 g/mol. The highest BCUT2D eigenvalue weighted by atomic mass is 32.1. The van der Waals surface area contributed by atoms with Crippen molar-refractivity contribution in [1.82, 2.24) is 5.32 Å². The van der Waals surface area contributed by atoms with Gasteiger partial charge >= 0.3 is 0 Å². The zero-order valence-corrected chi connectivity index (χ0v) is 12.5. The highest BCUT2D eigenvalue weighted by molar-refractivity contribution is 7.09. The first-order valence-electron chi connectivity index (χ1n) is 7.24. The van der Waals surface area contributed by atoms with Crippen molar-refractivity contribution in [3.8, 4) is 0 Å². The van der Waals surface area contributed by atoms with Gasteiger partial charge in [0.05, 0.1) is 0 Å². The fourth-order valence-electron chi connectivity index (χ4n) is 2.98. The van der Waals surface area contributed by atoms with E-state index in [1.165, 1.54) is 10.9 Å². The summed E-state index contributed by atoms with van der Waals surface area (Å²) in [5.74, 6) is 0.405. The van der Waals surface area contributed by atoms with Gasteiger partial charge in [0.1, 0.15) is 5.82 Å². The summed E-state index contributed by atoms with van der Waals surface area (Å²) < 4.78 is 13.2. The number of hydrogen-bond donors (Lipinski definition) is 1. The zero-order chi connectivity index (χ0) is 13.9. The second-order valence-corrected chi connectivity index (χ2v) is 6.80. The smallest absolute Gasteiger partial charge is 0.123 e. The van der Waals surface area contributed by atoms with E-state index in [0.717, 1.165) is 24.8 Å². The number of rotatable bonds is 5. The van der Waals surface area contributed by atoms with Gasteiger partial charge in [0.25, 0.3) is 0 Å². The van der Waals surface area contributed by atoms with E-state index in [9.17, 15) is 4.39 Å². The van der Waals surface area contributed by atoms with Crippen molar-refractivity contribution in [3.05, 3.63) is 58.0 Å². The summed E-state index contributed by atoms with van der Waals surface area (Å²) >= 11 is 1.82. The Kier molecular flexibility index (Phi) is 4.18. The minimum absolute atomic E-state index is 0.120. The summed E-state index contributed by atoms with van der Waals surface area (Å²) in [5, 5.41) is 5.81. The minimum Gasteiger partial charge on any atom is -0.311 e. The molecule has 0 amide bonds. The van der Waals surface area contributed by atoms with Crippen LogP contribution in [0.5, 0.6) is 0 Å². The van der Waals surface area contributed by atoms with Crippen molar-refractivity contribution in [2.45, 2.75) is 44.2 Å². The lowest BCUT2D eigenvalue weighted by atomic mass is 9.75. The van der Waals surface area contributed by atoms with Crippen LogP contribution in [0, 0.1) is 5.82 Å². The molecule has 1 aromatic carbocycles. The van der Waals surface area contributed by atoms with Gasteiger partial charge in [0, 0.05) is 17.0 Å². The summed E-state index contributed by atoms with van der Waals surface area (Å²) in [6, 6.07) is 12.4. The van der Waals surface area contributed by atoms with Gasteiger partial charge in [-0.05, 0) is 61.2 Å². The maximum Gasteiger partial charge on any atom is 0.123 e. The molecule has 3 heteroatoms. The zero-order valence-electron chi connectivity index (χ0n) is 11.7. The molecule has 2 aromatic rings. The molecule has 3 rings (SSSR count). The predicted octanol–water partition coefficient (Wildman–Crippen LogP) is 4.35. The lowest BCUT2D eigenvalue weighted by Crippen LogP contribution is -2.45. The van der Waals surface area contributed by atoms with Crippen LogP contribution in [0.15, 0.2) is 41.8 Å². The minimum atomic E-state index is -0.120. The van der Waals surface area contributed by atoms with E-state index in [1.54, 1.807) is 6.07 Å². The van der Waals surface area contributed by atoms with Gasteiger partial charge in [0.2, 0.25) is 0 Å². The van der Waals surface area contributed by atoms with Crippen molar-refractivity contribution in [3.63, 3.8) is 0 Å². The van der Waals surface area contributed by atoms with Crippen molar-refractivity contribution in [1.29, 1.82) is 0 Å². The van der Waals surface area contributed by atoms with E-state index in [2.05, 4.69) is 29.8 Å². The third-order valence-corrected chi connectivity index (χ3v) is 4.96.